The third-order valence-electron chi connectivity index (χ3n) is 8.45. The van der Waals surface area contributed by atoms with E-state index in [0.29, 0.717) is 12.8 Å². The van der Waals surface area contributed by atoms with Crippen molar-refractivity contribution in [3.8, 4) is 0 Å². The van der Waals surface area contributed by atoms with E-state index in [0.717, 1.165) is 35.0 Å². The fraction of sp³-hybridized carbons (Fsp3) is 0.562. The molecular weight excluding hydrogens is 507 g/mol. The Hall–Kier alpha value is -2.68. The van der Waals surface area contributed by atoms with E-state index in [-0.39, 0.29) is 30.8 Å². The van der Waals surface area contributed by atoms with E-state index >= 15 is 0 Å². The van der Waals surface area contributed by atoms with Crippen molar-refractivity contribution in [2.75, 3.05) is 6.61 Å². The second-order valence-electron chi connectivity index (χ2n) is 12.1. The normalized spacial score (nSPS) is 23.6. The summed E-state index contributed by atoms with van der Waals surface area (Å²) in [6.07, 6.45) is 1.62. The molecule has 2 heterocycles. The lowest BCUT2D eigenvalue weighted by Gasteiger charge is -2.35. The number of carbonyl (C=O) groups is 2. The Morgan fingerprint density at radius 3 is 2.15 bits per heavy atom. The molecule has 2 aliphatic heterocycles. The highest BCUT2D eigenvalue weighted by Gasteiger charge is 2.52. The molecule has 0 spiro atoms. The second kappa shape index (κ2) is 12.1. The minimum absolute atomic E-state index is 0.107. The Morgan fingerprint density at radius 2 is 1.57 bits per heavy atom. The molecule has 8 heteroatoms. The van der Waals surface area contributed by atoms with E-state index in [1.807, 2.05) is 0 Å². The summed E-state index contributed by atoms with van der Waals surface area (Å²) >= 11 is 0. The third-order valence-corrected chi connectivity index (χ3v) is 8.45. The van der Waals surface area contributed by atoms with Gasteiger partial charge in [0, 0.05) is 26.7 Å². The molecule has 3 atom stereocenters. The molecule has 0 aromatic heterocycles. The van der Waals surface area contributed by atoms with Gasteiger partial charge >= 0.3 is 19.1 Å². The summed E-state index contributed by atoms with van der Waals surface area (Å²) in [4.78, 5) is 23.3. The molecule has 3 unspecified atom stereocenters. The third kappa shape index (κ3) is 6.96. The van der Waals surface area contributed by atoms with Crippen molar-refractivity contribution in [2.24, 2.45) is 0 Å². The number of rotatable bonds is 8. The Bertz CT molecular complexity index is 1200. The summed E-state index contributed by atoms with van der Waals surface area (Å²) in [7, 11) is -0.532. The Balaban J connectivity index is 1.73. The number of carbonyl (C=O) groups excluding carboxylic acids is 2. The van der Waals surface area contributed by atoms with Crippen molar-refractivity contribution < 1.29 is 33.1 Å². The predicted octanol–water partition coefficient (Wildman–Crippen LogP) is 5.16. The number of ether oxygens (including phenoxy) is 3. The zero-order valence-electron chi connectivity index (χ0n) is 25.2. The van der Waals surface area contributed by atoms with E-state index < -0.39 is 24.4 Å². The average Bonchev–Trinajstić information content (AvgIpc) is 3.10. The van der Waals surface area contributed by atoms with Crippen LogP contribution in [0, 0.1) is 6.92 Å². The van der Waals surface area contributed by atoms with E-state index in [2.05, 4.69) is 77.9 Å². The Labute approximate surface area is 239 Å². The van der Waals surface area contributed by atoms with Crippen molar-refractivity contribution in [1.29, 1.82) is 0 Å². The minimum Gasteiger partial charge on any atom is -0.463 e. The van der Waals surface area contributed by atoms with Crippen LogP contribution >= 0.6 is 0 Å². The standard InChI is InChI=1S/C32H43BO7/c1-9-23-10-12-24(13-11-23)14-25-15-26(16-29(20(25)2)33-39-31(5,6)32(7,8)40-33)30-18-27(37-22(4)35)17-28(38-30)19-36-21(3)34/h10-13,15-16,27-28,30H,9,14,17-19H2,1-8H3. The van der Waals surface area contributed by atoms with Gasteiger partial charge in [-0.2, -0.15) is 0 Å². The smallest absolute Gasteiger partial charge is 0.463 e. The summed E-state index contributed by atoms with van der Waals surface area (Å²) in [5, 5.41) is 0. The van der Waals surface area contributed by atoms with Gasteiger partial charge in [0.2, 0.25) is 0 Å². The summed E-state index contributed by atoms with van der Waals surface area (Å²) < 4.78 is 30.3. The highest BCUT2D eigenvalue weighted by Crippen LogP contribution is 2.38. The van der Waals surface area contributed by atoms with Crippen LogP contribution in [0.5, 0.6) is 0 Å². The van der Waals surface area contributed by atoms with Crippen LogP contribution in [0.1, 0.15) is 95.2 Å². The summed E-state index contributed by atoms with van der Waals surface area (Å²) in [6.45, 7) is 15.4. The van der Waals surface area contributed by atoms with Gasteiger partial charge in [-0.1, -0.05) is 43.3 Å². The van der Waals surface area contributed by atoms with E-state index in [4.69, 9.17) is 23.5 Å². The van der Waals surface area contributed by atoms with Crippen LogP contribution in [0.4, 0.5) is 0 Å². The first-order valence-electron chi connectivity index (χ1n) is 14.3. The molecule has 2 saturated heterocycles. The van der Waals surface area contributed by atoms with Crippen LogP contribution in [0.2, 0.25) is 0 Å². The molecule has 0 N–H and O–H groups in total. The number of benzene rings is 2. The topological polar surface area (TPSA) is 80.3 Å². The van der Waals surface area contributed by atoms with Crippen LogP contribution in [-0.4, -0.2) is 49.1 Å². The van der Waals surface area contributed by atoms with Gasteiger partial charge in [-0.25, -0.2) is 0 Å². The molecule has 216 valence electrons. The molecule has 40 heavy (non-hydrogen) atoms. The van der Waals surface area contributed by atoms with Crippen LogP contribution in [0.3, 0.4) is 0 Å². The van der Waals surface area contributed by atoms with Gasteiger partial charge in [0.15, 0.2) is 0 Å². The maximum absolute atomic E-state index is 11.8. The van der Waals surface area contributed by atoms with Crippen LogP contribution in [-0.2, 0) is 46.0 Å². The Morgan fingerprint density at radius 1 is 0.950 bits per heavy atom. The largest absolute Gasteiger partial charge is 0.495 e. The van der Waals surface area contributed by atoms with Crippen molar-refractivity contribution in [3.05, 3.63) is 64.2 Å². The van der Waals surface area contributed by atoms with Crippen LogP contribution in [0.25, 0.3) is 0 Å². The summed E-state index contributed by atoms with van der Waals surface area (Å²) in [5.41, 5.74) is 5.75. The lowest BCUT2D eigenvalue weighted by atomic mass is 9.73. The molecule has 0 saturated carbocycles. The maximum Gasteiger partial charge on any atom is 0.495 e. The zero-order chi connectivity index (χ0) is 29.2. The SMILES string of the molecule is CCc1ccc(Cc2cc(C3CC(OC(C)=O)CC(COC(C)=O)O3)cc(B3OC(C)(C)C(C)(C)O3)c2C)cc1. The lowest BCUT2D eigenvalue weighted by molar-refractivity contribution is -0.169. The zero-order valence-corrected chi connectivity index (χ0v) is 25.2. The van der Waals surface area contributed by atoms with Crippen molar-refractivity contribution in [2.45, 2.75) is 111 Å². The second-order valence-corrected chi connectivity index (χ2v) is 12.1. The van der Waals surface area contributed by atoms with E-state index in [1.54, 1.807) is 0 Å². The molecule has 2 aromatic carbocycles. The number of aryl methyl sites for hydroxylation is 1. The summed E-state index contributed by atoms with van der Waals surface area (Å²) in [5.74, 6) is -0.709. The molecule has 0 amide bonds. The molecule has 7 nitrogen and oxygen atoms in total. The fourth-order valence-electron chi connectivity index (χ4n) is 5.36. The highest BCUT2D eigenvalue weighted by molar-refractivity contribution is 6.62. The summed E-state index contributed by atoms with van der Waals surface area (Å²) in [6, 6.07) is 13.0. The molecule has 2 aromatic rings. The molecule has 0 bridgehead atoms. The Kier molecular flexibility index (Phi) is 9.13. The molecular formula is C32H43BO7. The van der Waals surface area contributed by atoms with Gasteiger partial charge in [-0.05, 0) is 80.7 Å². The molecule has 2 aliphatic rings. The number of esters is 2. The first kappa shape index (κ1) is 30.3. The molecule has 0 radical (unpaired) electrons. The van der Waals surface area contributed by atoms with Crippen molar-refractivity contribution in [3.63, 3.8) is 0 Å². The van der Waals surface area contributed by atoms with Gasteiger partial charge < -0.3 is 23.5 Å². The number of hydrogen-bond donors (Lipinski definition) is 0. The monoisotopic (exact) mass is 550 g/mol. The van der Waals surface area contributed by atoms with E-state index in [9.17, 15) is 9.59 Å². The average molecular weight is 551 g/mol. The predicted molar refractivity (Wildman–Crippen MR) is 155 cm³/mol. The highest BCUT2D eigenvalue weighted by atomic mass is 16.7. The maximum atomic E-state index is 11.8. The van der Waals surface area contributed by atoms with Crippen LogP contribution < -0.4 is 5.46 Å². The first-order valence-corrected chi connectivity index (χ1v) is 14.3. The fourth-order valence-corrected chi connectivity index (χ4v) is 5.36. The molecule has 2 fully saturated rings. The first-order chi connectivity index (χ1) is 18.8. The van der Waals surface area contributed by atoms with Crippen molar-refractivity contribution >= 4 is 24.5 Å². The van der Waals surface area contributed by atoms with Gasteiger partial charge in [0.25, 0.3) is 0 Å². The van der Waals surface area contributed by atoms with Gasteiger partial charge in [0.1, 0.15) is 12.7 Å². The molecule has 4 rings (SSSR count). The van der Waals surface area contributed by atoms with Gasteiger partial charge in [-0.3, -0.25) is 9.59 Å². The molecule has 0 aliphatic carbocycles. The quantitative estimate of drug-likeness (QED) is 0.332. The van der Waals surface area contributed by atoms with Gasteiger partial charge in [0.05, 0.1) is 23.4 Å². The minimum atomic E-state index is -0.532. The van der Waals surface area contributed by atoms with Crippen LogP contribution in [0.15, 0.2) is 36.4 Å². The van der Waals surface area contributed by atoms with Gasteiger partial charge in [-0.15, -0.1) is 0 Å². The number of hydrogen-bond acceptors (Lipinski definition) is 7. The lowest BCUT2D eigenvalue weighted by Crippen LogP contribution is -2.41. The van der Waals surface area contributed by atoms with E-state index in [1.165, 1.54) is 25.0 Å². The van der Waals surface area contributed by atoms with Crippen molar-refractivity contribution in [1.82, 2.24) is 0 Å².